The smallest absolute Gasteiger partial charge is 0.342 e. The van der Waals surface area contributed by atoms with E-state index >= 15 is 0 Å². The molecule has 0 aromatic heterocycles. The van der Waals surface area contributed by atoms with E-state index in [4.69, 9.17) is 9.47 Å². The summed E-state index contributed by atoms with van der Waals surface area (Å²) in [4.78, 5) is 36.0. The molecule has 0 fully saturated rings. The summed E-state index contributed by atoms with van der Waals surface area (Å²) in [6.45, 7) is 3.33. The molecular formula is C17H20N2O6. The number of amides is 2. The molecular weight excluding hydrogens is 328 g/mol. The van der Waals surface area contributed by atoms with Crippen molar-refractivity contribution < 1.29 is 29.0 Å². The number of urea groups is 1. The van der Waals surface area contributed by atoms with Gasteiger partial charge in [0, 0.05) is 0 Å². The highest BCUT2D eigenvalue weighted by molar-refractivity contribution is 5.95. The minimum atomic E-state index is -0.769. The number of ether oxygens (including phenoxy) is 2. The Labute approximate surface area is 144 Å². The lowest BCUT2D eigenvalue weighted by atomic mass is 10.0. The quantitative estimate of drug-likeness (QED) is 0.671. The van der Waals surface area contributed by atoms with Crippen LogP contribution >= 0.6 is 0 Å². The highest BCUT2D eigenvalue weighted by Gasteiger charge is 2.32. The van der Waals surface area contributed by atoms with Gasteiger partial charge in [-0.25, -0.2) is 14.4 Å². The second-order valence-electron chi connectivity index (χ2n) is 5.27. The number of hydrogen-bond donors (Lipinski definition) is 3. The predicted molar refractivity (Wildman–Crippen MR) is 87.8 cm³/mol. The van der Waals surface area contributed by atoms with Crippen LogP contribution in [0.25, 0.3) is 0 Å². The zero-order valence-electron chi connectivity index (χ0n) is 14.0. The van der Waals surface area contributed by atoms with Gasteiger partial charge in [-0.2, -0.15) is 0 Å². The molecule has 25 heavy (non-hydrogen) atoms. The molecule has 0 bridgehead atoms. The van der Waals surface area contributed by atoms with Gasteiger partial charge in [-0.3, -0.25) is 0 Å². The molecule has 2 amide bonds. The summed E-state index contributed by atoms with van der Waals surface area (Å²) < 4.78 is 10.2. The van der Waals surface area contributed by atoms with Crippen LogP contribution in [0.15, 0.2) is 35.5 Å². The normalized spacial score (nSPS) is 16.7. The average molecular weight is 348 g/mol. The molecule has 0 unspecified atom stereocenters. The SMILES string of the molecule is CCOC(=O)C1=C(COC(=O)c2ccccc2O)NC(=O)N[C@@H]1CC. The number of esters is 2. The lowest BCUT2D eigenvalue weighted by molar-refractivity contribution is -0.139. The number of rotatable bonds is 6. The molecule has 0 saturated carbocycles. The Bertz CT molecular complexity index is 713. The molecule has 1 heterocycles. The summed E-state index contributed by atoms with van der Waals surface area (Å²) in [7, 11) is 0. The Morgan fingerprint density at radius 3 is 2.52 bits per heavy atom. The minimum Gasteiger partial charge on any atom is -0.507 e. The van der Waals surface area contributed by atoms with Crippen molar-refractivity contribution in [2.45, 2.75) is 26.3 Å². The number of phenols is 1. The Morgan fingerprint density at radius 1 is 1.16 bits per heavy atom. The van der Waals surface area contributed by atoms with Crippen LogP contribution in [-0.2, 0) is 14.3 Å². The largest absolute Gasteiger partial charge is 0.507 e. The number of phenolic OH excluding ortho intramolecular Hbond substituents is 1. The predicted octanol–water partition coefficient (Wildman–Crippen LogP) is 1.46. The van der Waals surface area contributed by atoms with E-state index in [1.807, 2.05) is 0 Å². The third-order valence-electron chi connectivity index (χ3n) is 3.62. The van der Waals surface area contributed by atoms with Crippen molar-refractivity contribution in [3.63, 3.8) is 0 Å². The second kappa shape index (κ2) is 8.18. The number of aromatic hydroxyl groups is 1. The average Bonchev–Trinajstić information content (AvgIpc) is 2.59. The Kier molecular flexibility index (Phi) is 5.99. The first-order valence-corrected chi connectivity index (χ1v) is 7.90. The molecule has 8 heteroatoms. The number of nitrogens with one attached hydrogen (secondary N) is 2. The van der Waals surface area contributed by atoms with Crippen molar-refractivity contribution in [1.29, 1.82) is 0 Å². The third-order valence-corrected chi connectivity index (χ3v) is 3.62. The van der Waals surface area contributed by atoms with Crippen LogP contribution in [-0.4, -0.2) is 42.3 Å². The fourth-order valence-electron chi connectivity index (χ4n) is 2.44. The molecule has 1 aliphatic heterocycles. The zero-order chi connectivity index (χ0) is 18.4. The molecule has 1 atom stereocenters. The lowest BCUT2D eigenvalue weighted by Crippen LogP contribution is -2.51. The van der Waals surface area contributed by atoms with Gasteiger partial charge in [0.1, 0.15) is 17.9 Å². The van der Waals surface area contributed by atoms with Crippen LogP contribution in [0.4, 0.5) is 4.79 Å². The van der Waals surface area contributed by atoms with Crippen molar-refractivity contribution in [2.75, 3.05) is 13.2 Å². The van der Waals surface area contributed by atoms with Crippen molar-refractivity contribution in [2.24, 2.45) is 0 Å². The summed E-state index contributed by atoms with van der Waals surface area (Å²) in [6.07, 6.45) is 0.471. The van der Waals surface area contributed by atoms with Gasteiger partial charge in [-0.05, 0) is 25.5 Å². The summed E-state index contributed by atoms with van der Waals surface area (Å²) in [5.41, 5.74) is 0.375. The van der Waals surface area contributed by atoms with Gasteiger partial charge in [0.25, 0.3) is 0 Å². The van der Waals surface area contributed by atoms with Crippen molar-refractivity contribution >= 4 is 18.0 Å². The van der Waals surface area contributed by atoms with E-state index in [0.29, 0.717) is 6.42 Å². The van der Waals surface area contributed by atoms with Gasteiger partial charge in [0.2, 0.25) is 0 Å². The molecule has 0 saturated heterocycles. The van der Waals surface area contributed by atoms with Gasteiger partial charge in [0.15, 0.2) is 0 Å². The molecule has 0 aliphatic carbocycles. The molecule has 1 aromatic carbocycles. The molecule has 0 radical (unpaired) electrons. The van der Waals surface area contributed by atoms with Gasteiger partial charge in [-0.15, -0.1) is 0 Å². The third kappa shape index (κ3) is 4.28. The molecule has 1 aliphatic rings. The number of para-hydroxylation sites is 1. The lowest BCUT2D eigenvalue weighted by Gasteiger charge is -2.28. The van der Waals surface area contributed by atoms with Gasteiger partial charge in [-0.1, -0.05) is 19.1 Å². The fourth-order valence-corrected chi connectivity index (χ4v) is 2.44. The van der Waals surface area contributed by atoms with E-state index in [2.05, 4.69) is 10.6 Å². The van der Waals surface area contributed by atoms with E-state index in [0.717, 1.165) is 0 Å². The van der Waals surface area contributed by atoms with E-state index in [-0.39, 0.29) is 35.8 Å². The van der Waals surface area contributed by atoms with Crippen molar-refractivity contribution in [3.05, 3.63) is 41.1 Å². The zero-order valence-corrected chi connectivity index (χ0v) is 14.0. The maximum absolute atomic E-state index is 12.2. The molecule has 8 nitrogen and oxygen atoms in total. The van der Waals surface area contributed by atoms with Crippen LogP contribution in [0.1, 0.15) is 30.6 Å². The number of hydrogen-bond acceptors (Lipinski definition) is 6. The van der Waals surface area contributed by atoms with Crippen molar-refractivity contribution in [3.8, 4) is 5.75 Å². The van der Waals surface area contributed by atoms with E-state index in [9.17, 15) is 19.5 Å². The van der Waals surface area contributed by atoms with E-state index in [1.54, 1.807) is 26.0 Å². The fraction of sp³-hybridized carbons (Fsp3) is 0.353. The molecule has 0 spiro atoms. The maximum Gasteiger partial charge on any atom is 0.342 e. The molecule has 1 aromatic rings. The molecule has 134 valence electrons. The van der Waals surface area contributed by atoms with E-state index in [1.165, 1.54) is 12.1 Å². The van der Waals surface area contributed by atoms with Gasteiger partial charge in [0.05, 0.1) is 23.9 Å². The summed E-state index contributed by atoms with van der Waals surface area (Å²) in [5.74, 6) is -1.57. The topological polar surface area (TPSA) is 114 Å². The monoisotopic (exact) mass is 348 g/mol. The maximum atomic E-state index is 12.2. The van der Waals surface area contributed by atoms with Crippen LogP contribution < -0.4 is 10.6 Å². The summed E-state index contributed by atoms with van der Waals surface area (Å²) >= 11 is 0. The van der Waals surface area contributed by atoms with Crippen molar-refractivity contribution in [1.82, 2.24) is 10.6 Å². The van der Waals surface area contributed by atoms with Crippen LogP contribution in [0.2, 0.25) is 0 Å². The van der Waals surface area contributed by atoms with Crippen LogP contribution in [0.3, 0.4) is 0 Å². The number of carbonyl (C=O) groups excluding carboxylic acids is 3. The number of carbonyl (C=O) groups is 3. The molecule has 3 N–H and O–H groups in total. The summed E-state index contributed by atoms with van der Waals surface area (Å²) in [6, 6.07) is 4.90. The molecule has 2 rings (SSSR count). The van der Waals surface area contributed by atoms with Crippen LogP contribution in [0, 0.1) is 0 Å². The Hall–Kier alpha value is -3.03. The number of benzene rings is 1. The Morgan fingerprint density at radius 2 is 1.88 bits per heavy atom. The summed E-state index contributed by atoms with van der Waals surface area (Å²) in [5, 5.41) is 14.8. The second-order valence-corrected chi connectivity index (χ2v) is 5.27. The minimum absolute atomic E-state index is 0.00640. The van der Waals surface area contributed by atoms with E-state index < -0.39 is 24.0 Å². The first-order chi connectivity index (χ1) is 12.0. The first kappa shape index (κ1) is 18.3. The Balaban J connectivity index is 2.22. The van der Waals surface area contributed by atoms with Gasteiger partial charge >= 0.3 is 18.0 Å². The van der Waals surface area contributed by atoms with Crippen LogP contribution in [0.5, 0.6) is 5.75 Å². The highest BCUT2D eigenvalue weighted by atomic mass is 16.5. The first-order valence-electron chi connectivity index (χ1n) is 7.90. The van der Waals surface area contributed by atoms with Gasteiger partial charge < -0.3 is 25.2 Å². The highest BCUT2D eigenvalue weighted by Crippen LogP contribution is 2.20. The standard InChI is InChI=1S/C17H20N2O6/c1-3-11-14(16(22)24-4-2)12(19-17(23)18-11)9-25-15(21)10-7-5-6-8-13(10)20/h5-8,11,20H,3-4,9H2,1-2H3,(H2,18,19,23)/t11-/m1/s1.